The highest BCUT2D eigenvalue weighted by Crippen LogP contribution is 2.27. The molecule has 0 heterocycles. The van der Waals surface area contributed by atoms with Gasteiger partial charge in [-0.2, -0.15) is 0 Å². The van der Waals surface area contributed by atoms with Gasteiger partial charge in [0.2, 0.25) is 0 Å². The molecule has 0 aliphatic rings. The van der Waals surface area contributed by atoms with E-state index in [0.717, 1.165) is 11.6 Å². The molecule has 3 nitrogen and oxygen atoms in total. The normalized spacial score (nSPS) is 10.4. The molecule has 86 valence electrons. The highest BCUT2D eigenvalue weighted by atomic mass is 79.9. The van der Waals surface area contributed by atoms with E-state index in [-0.39, 0.29) is 0 Å². The first kappa shape index (κ1) is 12.8. The molecule has 0 aliphatic heterocycles. The van der Waals surface area contributed by atoms with Crippen LogP contribution in [0.2, 0.25) is 0 Å². The number of alkyl halides is 1. The lowest BCUT2D eigenvalue weighted by atomic mass is 10.2. The number of halogens is 1. The molecule has 1 aromatic rings. The SMILES string of the molecule is COc1cc(C=O)ccc1OC/C=C/CBr. The van der Waals surface area contributed by atoms with Crippen LogP contribution < -0.4 is 9.47 Å². The van der Waals surface area contributed by atoms with E-state index in [4.69, 9.17) is 9.47 Å². The second-order valence-electron chi connectivity index (χ2n) is 2.96. The minimum absolute atomic E-state index is 0.475. The summed E-state index contributed by atoms with van der Waals surface area (Å²) in [5.74, 6) is 1.20. The third-order valence-corrected chi connectivity index (χ3v) is 2.29. The molecule has 0 bridgehead atoms. The smallest absolute Gasteiger partial charge is 0.161 e. The molecule has 0 unspecified atom stereocenters. The van der Waals surface area contributed by atoms with Gasteiger partial charge in [0.15, 0.2) is 11.5 Å². The number of allylic oxidation sites excluding steroid dienone is 1. The molecule has 0 radical (unpaired) electrons. The number of aldehydes is 1. The van der Waals surface area contributed by atoms with Crippen molar-refractivity contribution in [3.05, 3.63) is 35.9 Å². The van der Waals surface area contributed by atoms with E-state index in [1.165, 1.54) is 0 Å². The number of rotatable bonds is 6. The third-order valence-electron chi connectivity index (χ3n) is 1.91. The average Bonchev–Trinajstić information content (AvgIpc) is 2.34. The van der Waals surface area contributed by atoms with Gasteiger partial charge >= 0.3 is 0 Å². The first-order valence-electron chi connectivity index (χ1n) is 4.78. The number of ether oxygens (including phenoxy) is 2. The van der Waals surface area contributed by atoms with Gasteiger partial charge in [0.1, 0.15) is 12.9 Å². The predicted molar refractivity (Wildman–Crippen MR) is 66.8 cm³/mol. The topological polar surface area (TPSA) is 35.5 Å². The molecule has 16 heavy (non-hydrogen) atoms. The van der Waals surface area contributed by atoms with Crippen LogP contribution in [0.25, 0.3) is 0 Å². The molecule has 1 rings (SSSR count). The lowest BCUT2D eigenvalue weighted by molar-refractivity contribution is 0.112. The minimum atomic E-state index is 0.475. The Morgan fingerprint density at radius 2 is 2.12 bits per heavy atom. The van der Waals surface area contributed by atoms with Gasteiger partial charge < -0.3 is 9.47 Å². The molecule has 0 fully saturated rings. The zero-order valence-electron chi connectivity index (χ0n) is 8.98. The largest absolute Gasteiger partial charge is 0.493 e. The van der Waals surface area contributed by atoms with Crippen LogP contribution >= 0.6 is 15.9 Å². The number of methoxy groups -OCH3 is 1. The summed E-state index contributed by atoms with van der Waals surface area (Å²) in [6.45, 7) is 0.475. The molecule has 0 spiro atoms. The number of carbonyl (C=O) groups excluding carboxylic acids is 1. The van der Waals surface area contributed by atoms with E-state index in [1.807, 2.05) is 12.2 Å². The average molecular weight is 285 g/mol. The zero-order chi connectivity index (χ0) is 11.8. The predicted octanol–water partition coefficient (Wildman–Crippen LogP) is 2.84. The van der Waals surface area contributed by atoms with Crippen LogP contribution in [-0.2, 0) is 0 Å². The van der Waals surface area contributed by atoms with Crippen molar-refractivity contribution in [2.75, 3.05) is 19.0 Å². The maximum absolute atomic E-state index is 10.6. The van der Waals surface area contributed by atoms with E-state index >= 15 is 0 Å². The van der Waals surface area contributed by atoms with E-state index in [1.54, 1.807) is 25.3 Å². The van der Waals surface area contributed by atoms with Crippen molar-refractivity contribution in [2.45, 2.75) is 0 Å². The van der Waals surface area contributed by atoms with Crippen LogP contribution in [0.5, 0.6) is 11.5 Å². The Bertz CT molecular complexity index is 375. The summed E-state index contributed by atoms with van der Waals surface area (Å²) in [6.07, 6.45) is 4.63. The summed E-state index contributed by atoms with van der Waals surface area (Å²) in [7, 11) is 1.55. The fraction of sp³-hybridized carbons (Fsp3) is 0.250. The lowest BCUT2D eigenvalue weighted by Gasteiger charge is -2.09. The van der Waals surface area contributed by atoms with Gasteiger partial charge in [-0.15, -0.1) is 0 Å². The Morgan fingerprint density at radius 1 is 1.31 bits per heavy atom. The summed E-state index contributed by atoms with van der Waals surface area (Å²) >= 11 is 3.28. The molecule has 0 aromatic heterocycles. The first-order valence-corrected chi connectivity index (χ1v) is 5.91. The van der Waals surface area contributed by atoms with Crippen LogP contribution in [0.3, 0.4) is 0 Å². The van der Waals surface area contributed by atoms with Crippen molar-refractivity contribution in [1.82, 2.24) is 0 Å². The second kappa shape index (κ2) is 7.06. The van der Waals surface area contributed by atoms with Crippen molar-refractivity contribution in [3.63, 3.8) is 0 Å². The van der Waals surface area contributed by atoms with Crippen LogP contribution in [0.4, 0.5) is 0 Å². The molecule has 0 atom stereocenters. The monoisotopic (exact) mass is 284 g/mol. The molecule has 0 aliphatic carbocycles. The number of hydrogen-bond donors (Lipinski definition) is 0. The Kier molecular flexibility index (Phi) is 5.64. The van der Waals surface area contributed by atoms with Gasteiger partial charge in [0.25, 0.3) is 0 Å². The van der Waals surface area contributed by atoms with E-state index in [9.17, 15) is 4.79 Å². The Morgan fingerprint density at radius 3 is 2.75 bits per heavy atom. The number of hydrogen-bond acceptors (Lipinski definition) is 3. The third kappa shape index (κ3) is 3.70. The Labute approximate surface area is 103 Å². The van der Waals surface area contributed by atoms with Crippen molar-refractivity contribution >= 4 is 22.2 Å². The molecular weight excluding hydrogens is 272 g/mol. The zero-order valence-corrected chi connectivity index (χ0v) is 10.6. The van der Waals surface area contributed by atoms with Crippen LogP contribution in [0.1, 0.15) is 10.4 Å². The maximum atomic E-state index is 10.6. The molecule has 0 amide bonds. The molecule has 0 saturated carbocycles. The fourth-order valence-electron chi connectivity index (χ4n) is 1.15. The Hall–Kier alpha value is -1.29. The lowest BCUT2D eigenvalue weighted by Crippen LogP contribution is -1.97. The summed E-state index contributed by atoms with van der Waals surface area (Å²) in [4.78, 5) is 10.6. The van der Waals surface area contributed by atoms with E-state index in [2.05, 4.69) is 15.9 Å². The van der Waals surface area contributed by atoms with Crippen molar-refractivity contribution < 1.29 is 14.3 Å². The van der Waals surface area contributed by atoms with Gasteiger partial charge in [0.05, 0.1) is 7.11 Å². The fourth-order valence-corrected chi connectivity index (χ4v) is 1.41. The van der Waals surface area contributed by atoms with Crippen LogP contribution in [0.15, 0.2) is 30.4 Å². The standard InChI is InChI=1S/C12H13BrO3/c1-15-12-8-10(9-14)4-5-11(12)16-7-3-2-6-13/h2-5,8-9H,6-7H2,1H3/b3-2+. The van der Waals surface area contributed by atoms with E-state index < -0.39 is 0 Å². The van der Waals surface area contributed by atoms with Crippen LogP contribution in [0, 0.1) is 0 Å². The van der Waals surface area contributed by atoms with Gasteiger partial charge in [0, 0.05) is 10.9 Å². The number of benzene rings is 1. The highest BCUT2D eigenvalue weighted by molar-refractivity contribution is 9.09. The van der Waals surface area contributed by atoms with Gasteiger partial charge in [-0.1, -0.05) is 28.1 Å². The molecule has 0 N–H and O–H groups in total. The van der Waals surface area contributed by atoms with Crippen molar-refractivity contribution in [3.8, 4) is 11.5 Å². The summed E-state index contributed by atoms with van der Waals surface area (Å²) in [5.41, 5.74) is 0.570. The maximum Gasteiger partial charge on any atom is 0.161 e. The summed E-state index contributed by atoms with van der Waals surface area (Å²) in [5, 5.41) is 0.803. The Balaban J connectivity index is 2.71. The minimum Gasteiger partial charge on any atom is -0.493 e. The second-order valence-corrected chi connectivity index (χ2v) is 3.61. The quantitative estimate of drug-likeness (QED) is 0.458. The van der Waals surface area contributed by atoms with Crippen LogP contribution in [-0.4, -0.2) is 25.3 Å². The van der Waals surface area contributed by atoms with E-state index in [0.29, 0.717) is 23.7 Å². The molecular formula is C12H13BrO3. The molecule has 4 heteroatoms. The van der Waals surface area contributed by atoms with Gasteiger partial charge in [-0.05, 0) is 18.2 Å². The summed E-state index contributed by atoms with van der Waals surface area (Å²) in [6, 6.07) is 5.07. The van der Waals surface area contributed by atoms with Gasteiger partial charge in [-0.25, -0.2) is 0 Å². The van der Waals surface area contributed by atoms with Crippen molar-refractivity contribution in [2.24, 2.45) is 0 Å². The highest BCUT2D eigenvalue weighted by Gasteiger charge is 2.04. The molecule has 0 saturated heterocycles. The first-order chi connectivity index (χ1) is 7.81. The van der Waals surface area contributed by atoms with Gasteiger partial charge in [-0.3, -0.25) is 4.79 Å². The number of carbonyl (C=O) groups is 1. The summed E-state index contributed by atoms with van der Waals surface area (Å²) < 4.78 is 10.6. The van der Waals surface area contributed by atoms with Crippen molar-refractivity contribution in [1.29, 1.82) is 0 Å². The molecule has 1 aromatic carbocycles.